The lowest BCUT2D eigenvalue weighted by molar-refractivity contribution is 1.17. The van der Waals surface area contributed by atoms with Crippen LogP contribution in [0.1, 0.15) is 0 Å². The molecule has 5 nitrogen and oxygen atoms in total. The van der Waals surface area contributed by atoms with Crippen LogP contribution < -0.4 is 0 Å². The van der Waals surface area contributed by atoms with E-state index < -0.39 is 0 Å². The highest BCUT2D eigenvalue weighted by Crippen LogP contribution is 2.52. The lowest BCUT2D eigenvalue weighted by Gasteiger charge is -2.18. The molecule has 7 aromatic carbocycles. The van der Waals surface area contributed by atoms with Crippen LogP contribution in [0.5, 0.6) is 0 Å². The Balaban J connectivity index is 1.49. The fourth-order valence-corrected chi connectivity index (χ4v) is 8.14. The molecule has 0 N–H and O–H groups in total. The number of rotatable bonds is 5. The van der Waals surface area contributed by atoms with Crippen molar-refractivity contribution >= 4 is 55.0 Å². The maximum absolute atomic E-state index is 8.78. The fourth-order valence-electron chi connectivity index (χ4n) is 8.14. The highest BCUT2D eigenvalue weighted by molar-refractivity contribution is 6.30. The zero-order valence-electron chi connectivity index (χ0n) is 29.0. The Morgan fingerprint density at radius 1 is 0.426 bits per heavy atom. The minimum Gasteiger partial charge on any atom is -0.309 e. The lowest BCUT2D eigenvalue weighted by atomic mass is 9.93. The van der Waals surface area contributed by atoms with Gasteiger partial charge in [0.25, 0.3) is 0 Å². The van der Waals surface area contributed by atoms with E-state index in [1.165, 1.54) is 0 Å². The van der Waals surface area contributed by atoms with Gasteiger partial charge in [-0.05, 0) is 59.2 Å². The molecule has 5 heteroatoms. The molecule has 3 aromatic heterocycles. The number of nitrogens with zero attached hydrogens (tertiary/aromatic N) is 5. The Morgan fingerprint density at radius 2 is 0.889 bits per heavy atom. The summed E-state index contributed by atoms with van der Waals surface area (Å²) in [6.07, 6.45) is 0. The Kier molecular flexibility index (Phi) is 7.18. The number of aromatic nitrogens is 3. The Hall–Kier alpha value is -7.73. The Labute approximate surface area is 311 Å². The second kappa shape index (κ2) is 12.5. The van der Waals surface area contributed by atoms with E-state index >= 15 is 0 Å². The average molecular weight is 688 g/mol. The van der Waals surface area contributed by atoms with Gasteiger partial charge in [0.2, 0.25) is 11.4 Å². The van der Waals surface area contributed by atoms with Gasteiger partial charge in [-0.2, -0.15) is 0 Å². The molecule has 0 saturated heterocycles. The number of fused-ring (bicyclic) bond motifs is 7. The number of para-hydroxylation sites is 4. The zero-order valence-corrected chi connectivity index (χ0v) is 29.0. The van der Waals surface area contributed by atoms with E-state index in [2.05, 4.69) is 122 Å². The summed E-state index contributed by atoms with van der Waals surface area (Å²) in [6.45, 7) is 17.3. The molecule has 10 aromatic rings. The van der Waals surface area contributed by atoms with Crippen molar-refractivity contribution < 1.29 is 0 Å². The van der Waals surface area contributed by atoms with Crippen LogP contribution in [0.3, 0.4) is 0 Å². The molecule has 0 amide bonds. The molecule has 0 radical (unpaired) electrons. The molecule has 0 spiro atoms. The van der Waals surface area contributed by atoms with Gasteiger partial charge in [-0.15, -0.1) is 0 Å². The molecule has 54 heavy (non-hydrogen) atoms. The maximum Gasteiger partial charge on any atom is 0.210 e. The van der Waals surface area contributed by atoms with Crippen LogP contribution in [0.25, 0.3) is 98.3 Å². The number of benzene rings is 7. The van der Waals surface area contributed by atoms with Crippen molar-refractivity contribution in [3.8, 4) is 45.0 Å². The summed E-state index contributed by atoms with van der Waals surface area (Å²) in [5.41, 5.74) is 11.1. The van der Waals surface area contributed by atoms with Gasteiger partial charge in [0.1, 0.15) is 0 Å². The van der Waals surface area contributed by atoms with Crippen LogP contribution in [0.4, 0.5) is 11.4 Å². The molecule has 0 bridgehead atoms. The molecule has 250 valence electrons. The molecule has 0 aliphatic carbocycles. The molecule has 0 aliphatic rings. The number of hydrogen-bond acceptors (Lipinski definition) is 1. The molecule has 0 atom stereocenters. The van der Waals surface area contributed by atoms with Crippen LogP contribution in [-0.2, 0) is 0 Å². The Bertz CT molecular complexity index is 3150. The smallest absolute Gasteiger partial charge is 0.210 e. The van der Waals surface area contributed by atoms with Crippen LogP contribution in [-0.4, -0.2) is 14.1 Å². The van der Waals surface area contributed by atoms with Crippen molar-refractivity contribution in [2.45, 2.75) is 0 Å². The monoisotopic (exact) mass is 687 g/mol. The fraction of sp³-hybridized carbons (Fsp3) is 0. The molecule has 0 fully saturated rings. The van der Waals surface area contributed by atoms with E-state index in [9.17, 15) is 0 Å². The van der Waals surface area contributed by atoms with Crippen LogP contribution in [0.15, 0.2) is 176 Å². The average Bonchev–Trinajstić information content (AvgIpc) is 3.77. The van der Waals surface area contributed by atoms with E-state index in [1.807, 2.05) is 72.8 Å². The second-order valence-electron chi connectivity index (χ2n) is 13.3. The number of hydrogen-bond donors (Lipinski definition) is 0. The summed E-state index contributed by atoms with van der Waals surface area (Å²) in [5, 5.41) is 4.30. The first-order valence-corrected chi connectivity index (χ1v) is 17.8. The lowest BCUT2D eigenvalue weighted by Crippen LogP contribution is -1.98. The summed E-state index contributed by atoms with van der Waals surface area (Å²) in [6, 6.07) is 59.9. The SMILES string of the molecule is [C-]#[N+]c1c(-c2ccccc2)nc(-c2cc3c(c4ccccc4n3-c3ccccc3)c3c2c2ccccc2n3-c2ccccc2)c([N+]#[C-])c1-c1ccccc1. The van der Waals surface area contributed by atoms with E-state index in [0.29, 0.717) is 28.3 Å². The van der Waals surface area contributed by atoms with Crippen molar-refractivity contribution in [1.82, 2.24) is 14.1 Å². The summed E-state index contributed by atoms with van der Waals surface area (Å²) in [4.78, 5) is 13.7. The molecule has 0 unspecified atom stereocenters. The van der Waals surface area contributed by atoms with Gasteiger partial charge in [-0.1, -0.05) is 133 Å². The first-order chi connectivity index (χ1) is 26.8. The largest absolute Gasteiger partial charge is 0.309 e. The quantitative estimate of drug-likeness (QED) is 0.166. The molecule has 0 aliphatic heterocycles. The van der Waals surface area contributed by atoms with Gasteiger partial charge in [0.15, 0.2) is 0 Å². The van der Waals surface area contributed by atoms with Crippen molar-refractivity contribution in [2.24, 2.45) is 0 Å². The van der Waals surface area contributed by atoms with Crippen LogP contribution in [0, 0.1) is 13.1 Å². The van der Waals surface area contributed by atoms with Crippen LogP contribution >= 0.6 is 0 Å². The first-order valence-electron chi connectivity index (χ1n) is 17.8. The third kappa shape index (κ3) is 4.60. The van der Waals surface area contributed by atoms with Gasteiger partial charge < -0.3 is 9.13 Å². The van der Waals surface area contributed by atoms with Crippen molar-refractivity contribution in [2.75, 3.05) is 0 Å². The third-order valence-electron chi connectivity index (χ3n) is 10.3. The number of pyridine rings is 1. The normalized spacial score (nSPS) is 11.3. The van der Waals surface area contributed by atoms with Gasteiger partial charge >= 0.3 is 0 Å². The zero-order chi connectivity index (χ0) is 36.2. The summed E-state index contributed by atoms with van der Waals surface area (Å²) < 4.78 is 4.68. The molecule has 3 heterocycles. The van der Waals surface area contributed by atoms with Gasteiger partial charge in [0, 0.05) is 38.5 Å². The predicted molar refractivity (Wildman–Crippen MR) is 222 cm³/mol. The van der Waals surface area contributed by atoms with E-state index in [4.69, 9.17) is 18.1 Å². The molecular formula is C49H29N5. The molecule has 0 saturated carbocycles. The topological polar surface area (TPSA) is 31.5 Å². The molecule has 10 rings (SSSR count). The van der Waals surface area contributed by atoms with Crippen molar-refractivity contribution in [1.29, 1.82) is 0 Å². The molecular weight excluding hydrogens is 659 g/mol. The van der Waals surface area contributed by atoms with E-state index in [1.54, 1.807) is 0 Å². The summed E-state index contributed by atoms with van der Waals surface area (Å²) >= 11 is 0. The highest BCUT2D eigenvalue weighted by Gasteiger charge is 2.29. The van der Waals surface area contributed by atoms with Gasteiger partial charge in [-0.25, -0.2) is 9.69 Å². The first kappa shape index (κ1) is 31.0. The standard InChI is InChI=1S/C49H29N5/c1-50-47-42(32-19-7-3-8-20-32)48(51-2)46(52-45(47)33-21-9-4-10-22-33)38-31-41-44(37-28-16-17-29-39(37)53(41)34-23-11-5-12-24-34)49-43(38)36-27-15-18-30-40(36)54(49)35-25-13-6-14-26-35/h3-31H. The summed E-state index contributed by atoms with van der Waals surface area (Å²) in [7, 11) is 0. The van der Waals surface area contributed by atoms with Gasteiger partial charge in [0.05, 0.1) is 46.6 Å². The van der Waals surface area contributed by atoms with Crippen molar-refractivity contribution in [3.05, 3.63) is 199 Å². The third-order valence-corrected chi connectivity index (χ3v) is 10.3. The predicted octanol–water partition coefficient (Wildman–Crippen LogP) is 13.4. The van der Waals surface area contributed by atoms with Crippen LogP contribution in [0.2, 0.25) is 0 Å². The van der Waals surface area contributed by atoms with E-state index in [0.717, 1.165) is 71.7 Å². The maximum atomic E-state index is 8.78. The minimum absolute atomic E-state index is 0.353. The highest BCUT2D eigenvalue weighted by atomic mass is 15.0. The second-order valence-corrected chi connectivity index (χ2v) is 13.3. The minimum atomic E-state index is 0.353. The summed E-state index contributed by atoms with van der Waals surface area (Å²) in [5.74, 6) is 0. The van der Waals surface area contributed by atoms with E-state index in [-0.39, 0.29) is 0 Å². The van der Waals surface area contributed by atoms with Gasteiger partial charge in [-0.3, -0.25) is 4.98 Å². The Morgan fingerprint density at radius 3 is 1.48 bits per heavy atom. The van der Waals surface area contributed by atoms with Crippen molar-refractivity contribution in [3.63, 3.8) is 0 Å².